The van der Waals surface area contributed by atoms with E-state index in [1.54, 1.807) is 30.5 Å². The van der Waals surface area contributed by atoms with Crippen molar-refractivity contribution in [1.29, 1.82) is 0 Å². The van der Waals surface area contributed by atoms with Gasteiger partial charge in [0, 0.05) is 11.4 Å². The number of rotatable bonds is 6. The van der Waals surface area contributed by atoms with Gasteiger partial charge in [0.15, 0.2) is 0 Å². The minimum absolute atomic E-state index is 0.0839. The first-order valence-electron chi connectivity index (χ1n) is 7.27. The quantitative estimate of drug-likeness (QED) is 0.742. The molecule has 0 aliphatic rings. The summed E-state index contributed by atoms with van der Waals surface area (Å²) in [5.74, 6) is -0.237. The molecule has 1 aromatic heterocycles. The van der Waals surface area contributed by atoms with Crippen molar-refractivity contribution in [3.05, 3.63) is 40.2 Å². The first kappa shape index (κ1) is 18.8. The largest absolute Gasteiger partial charge is 0.413 e. The van der Waals surface area contributed by atoms with Crippen LogP contribution in [0.1, 0.15) is 25.8 Å². The van der Waals surface area contributed by atoms with Crippen LogP contribution in [0.25, 0.3) is 0 Å². The summed E-state index contributed by atoms with van der Waals surface area (Å²) >= 11 is 7.14. The summed E-state index contributed by atoms with van der Waals surface area (Å²) in [6.45, 7) is 5.44. The summed E-state index contributed by atoms with van der Waals surface area (Å²) in [5.41, 5.74) is 0.691. The topological polar surface area (TPSA) is 72.5 Å². The number of hydrogen-bond donors (Lipinski definition) is 1. The van der Waals surface area contributed by atoms with Gasteiger partial charge in [0.2, 0.25) is 5.06 Å². The zero-order valence-electron chi connectivity index (χ0n) is 13.5. The number of carbonyl (C=O) groups excluding carboxylic acids is 1. The highest BCUT2D eigenvalue weighted by atomic mass is 35.5. The Morgan fingerprint density at radius 1 is 1.33 bits per heavy atom. The molecular formula is C16H18ClNO4S2. The van der Waals surface area contributed by atoms with E-state index in [0.29, 0.717) is 10.6 Å². The lowest BCUT2D eigenvalue weighted by Gasteiger charge is -2.12. The molecule has 0 amide bonds. The van der Waals surface area contributed by atoms with E-state index in [-0.39, 0.29) is 28.0 Å². The van der Waals surface area contributed by atoms with Gasteiger partial charge in [-0.25, -0.2) is 8.42 Å². The molecule has 1 N–H and O–H groups in total. The second-order valence-electron chi connectivity index (χ2n) is 5.66. The summed E-state index contributed by atoms with van der Waals surface area (Å²) in [7, 11) is -3.84. The molecule has 0 atom stereocenters. The highest BCUT2D eigenvalue weighted by molar-refractivity contribution is 7.92. The molecule has 0 spiro atoms. The second kappa shape index (κ2) is 7.55. The monoisotopic (exact) mass is 387 g/mol. The number of carbonyl (C=O) groups is 1. The molecule has 0 aliphatic heterocycles. The highest BCUT2D eigenvalue weighted by Crippen LogP contribution is 2.34. The van der Waals surface area contributed by atoms with Gasteiger partial charge in [-0.15, -0.1) is 11.3 Å². The van der Waals surface area contributed by atoms with Crippen molar-refractivity contribution in [1.82, 2.24) is 0 Å². The Balaban J connectivity index is 2.24. The number of esters is 1. The van der Waals surface area contributed by atoms with Gasteiger partial charge in [-0.1, -0.05) is 31.5 Å². The first-order chi connectivity index (χ1) is 11.2. The van der Waals surface area contributed by atoms with Crippen molar-refractivity contribution in [2.45, 2.75) is 32.1 Å². The summed E-state index contributed by atoms with van der Waals surface area (Å²) in [5, 5.41) is 2.25. The maximum absolute atomic E-state index is 12.6. The fourth-order valence-corrected chi connectivity index (χ4v) is 4.35. The second-order valence-corrected chi connectivity index (χ2v) is 8.60. The fourth-order valence-electron chi connectivity index (χ4n) is 2.01. The zero-order valence-corrected chi connectivity index (χ0v) is 15.9. The predicted molar refractivity (Wildman–Crippen MR) is 96.4 cm³/mol. The van der Waals surface area contributed by atoms with Gasteiger partial charge >= 0.3 is 5.97 Å². The SMILES string of the molecule is Cc1c(Cl)cccc1S(=O)(=O)Nc1ccsc1OC(=O)CC(C)C. The lowest BCUT2D eigenvalue weighted by atomic mass is 10.1. The summed E-state index contributed by atoms with van der Waals surface area (Å²) in [4.78, 5) is 11.9. The van der Waals surface area contributed by atoms with Crippen LogP contribution in [0.15, 0.2) is 34.5 Å². The van der Waals surface area contributed by atoms with Gasteiger partial charge in [0.05, 0.1) is 4.90 Å². The van der Waals surface area contributed by atoms with E-state index in [4.69, 9.17) is 16.3 Å². The molecule has 1 heterocycles. The average Bonchev–Trinajstić information content (AvgIpc) is 2.87. The summed E-state index contributed by atoms with van der Waals surface area (Å²) in [6, 6.07) is 6.22. The Kier molecular flexibility index (Phi) is 5.90. The lowest BCUT2D eigenvalue weighted by molar-refractivity contribution is -0.134. The zero-order chi connectivity index (χ0) is 17.9. The number of ether oxygens (including phenoxy) is 1. The fraction of sp³-hybridized carbons (Fsp3) is 0.312. The number of hydrogen-bond acceptors (Lipinski definition) is 5. The van der Waals surface area contributed by atoms with E-state index in [0.717, 1.165) is 11.3 Å². The number of halogens is 1. The third kappa shape index (κ3) is 4.49. The molecule has 2 rings (SSSR count). The predicted octanol–water partition coefficient (Wildman–Crippen LogP) is 4.46. The Morgan fingerprint density at radius 3 is 2.71 bits per heavy atom. The van der Waals surface area contributed by atoms with E-state index in [2.05, 4.69) is 4.72 Å². The Labute approximate surface area is 150 Å². The Bertz CT molecular complexity index is 844. The van der Waals surface area contributed by atoms with Gasteiger partial charge in [-0.2, -0.15) is 0 Å². The molecule has 2 aromatic rings. The molecule has 0 aliphatic carbocycles. The van der Waals surface area contributed by atoms with Crippen LogP contribution in [0.2, 0.25) is 5.02 Å². The molecule has 8 heteroatoms. The van der Waals surface area contributed by atoms with Crippen LogP contribution < -0.4 is 9.46 Å². The maximum Gasteiger partial charge on any atom is 0.312 e. The van der Waals surface area contributed by atoms with Crippen molar-refractivity contribution in [2.75, 3.05) is 4.72 Å². The third-order valence-electron chi connectivity index (χ3n) is 3.16. The van der Waals surface area contributed by atoms with Gasteiger partial charge in [0.1, 0.15) is 5.69 Å². The molecule has 0 radical (unpaired) electrons. The average molecular weight is 388 g/mol. The van der Waals surface area contributed by atoms with Crippen molar-refractivity contribution >= 4 is 44.6 Å². The maximum atomic E-state index is 12.6. The highest BCUT2D eigenvalue weighted by Gasteiger charge is 2.21. The van der Waals surface area contributed by atoms with Crippen molar-refractivity contribution < 1.29 is 17.9 Å². The smallest absolute Gasteiger partial charge is 0.312 e. The van der Waals surface area contributed by atoms with Crippen LogP contribution in [-0.4, -0.2) is 14.4 Å². The van der Waals surface area contributed by atoms with Crippen LogP contribution in [0.5, 0.6) is 5.06 Å². The molecule has 130 valence electrons. The number of nitrogens with one attached hydrogen (secondary N) is 1. The first-order valence-corrected chi connectivity index (χ1v) is 10.0. The molecular weight excluding hydrogens is 370 g/mol. The van der Waals surface area contributed by atoms with Crippen LogP contribution in [0.4, 0.5) is 5.69 Å². The van der Waals surface area contributed by atoms with Crippen molar-refractivity contribution in [2.24, 2.45) is 5.92 Å². The number of benzene rings is 1. The molecule has 0 fully saturated rings. The Hall–Kier alpha value is -1.57. The minimum atomic E-state index is -3.84. The van der Waals surface area contributed by atoms with Gasteiger partial charge in [-0.05, 0) is 42.0 Å². The van der Waals surface area contributed by atoms with Crippen molar-refractivity contribution in [3.63, 3.8) is 0 Å². The van der Waals surface area contributed by atoms with Crippen LogP contribution in [-0.2, 0) is 14.8 Å². The third-order valence-corrected chi connectivity index (χ3v) is 5.87. The summed E-state index contributed by atoms with van der Waals surface area (Å²) in [6.07, 6.45) is 0.261. The van der Waals surface area contributed by atoms with Crippen molar-refractivity contribution in [3.8, 4) is 5.06 Å². The molecule has 24 heavy (non-hydrogen) atoms. The van der Waals surface area contributed by atoms with E-state index in [1.165, 1.54) is 6.07 Å². The van der Waals surface area contributed by atoms with E-state index >= 15 is 0 Å². The standard InChI is InChI=1S/C16H18ClNO4S2/c1-10(2)9-15(19)22-16-13(7-8-23-16)18-24(20,21)14-6-4-5-12(17)11(14)3/h4-8,10,18H,9H2,1-3H3. The number of thiophene rings is 1. The van der Waals surface area contributed by atoms with E-state index < -0.39 is 16.0 Å². The normalized spacial score (nSPS) is 11.5. The van der Waals surface area contributed by atoms with Crippen LogP contribution >= 0.6 is 22.9 Å². The number of sulfonamides is 1. The molecule has 0 unspecified atom stereocenters. The van der Waals surface area contributed by atoms with Gasteiger partial charge < -0.3 is 4.74 Å². The van der Waals surface area contributed by atoms with E-state index in [9.17, 15) is 13.2 Å². The molecule has 0 bridgehead atoms. The molecule has 1 aromatic carbocycles. The molecule has 0 saturated carbocycles. The van der Waals surface area contributed by atoms with E-state index in [1.807, 2.05) is 13.8 Å². The number of anilines is 1. The van der Waals surface area contributed by atoms with Crippen LogP contribution in [0.3, 0.4) is 0 Å². The lowest BCUT2D eigenvalue weighted by Crippen LogP contribution is -2.16. The van der Waals surface area contributed by atoms with Crippen LogP contribution in [0, 0.1) is 12.8 Å². The summed E-state index contributed by atoms with van der Waals surface area (Å²) < 4.78 is 32.9. The Morgan fingerprint density at radius 2 is 2.04 bits per heavy atom. The van der Waals surface area contributed by atoms with Gasteiger partial charge in [0.25, 0.3) is 10.0 Å². The molecule has 5 nitrogen and oxygen atoms in total. The van der Waals surface area contributed by atoms with Gasteiger partial charge in [-0.3, -0.25) is 9.52 Å². The molecule has 0 saturated heterocycles. The minimum Gasteiger partial charge on any atom is -0.413 e.